The maximum absolute atomic E-state index is 13.4. The SMILES string of the molecule is CC.COc1cc2nc(Cc3cnc4c(C)c(C)n(C)c4c3)[nH]c(=O)c2cc1OC.Nc1cc(Cl)cc2c(=O)[nH]c(Cc3ccc(-c4cc(F)cc(F)c4)nc3)nc12.OCCN1CCCC1. The Balaban J connectivity index is 0.000000181. The predicted molar refractivity (Wildman–Crippen MR) is 257 cm³/mol. The topological polar surface area (TPSA) is 190 Å². The molecule has 17 heteroatoms. The molecule has 5 N–H and O–H groups in total. The minimum Gasteiger partial charge on any atom is -0.493 e. The Morgan fingerprint density at radius 3 is 2.05 bits per heavy atom. The van der Waals surface area contributed by atoms with E-state index in [9.17, 15) is 18.4 Å². The van der Waals surface area contributed by atoms with Crippen LogP contribution in [0.4, 0.5) is 14.5 Å². The van der Waals surface area contributed by atoms with Gasteiger partial charge in [-0.15, -0.1) is 0 Å². The van der Waals surface area contributed by atoms with Crippen molar-refractivity contribution in [3.8, 4) is 22.8 Å². The van der Waals surface area contributed by atoms with Gasteiger partial charge in [0.05, 0.1) is 59.5 Å². The Hall–Kier alpha value is -6.75. The summed E-state index contributed by atoms with van der Waals surface area (Å²) in [4.78, 5) is 50.6. The lowest BCUT2D eigenvalue weighted by Gasteiger charge is -2.10. The molecule has 3 aromatic carbocycles. The average Bonchev–Trinajstić information content (AvgIpc) is 3.89. The second-order valence-corrected chi connectivity index (χ2v) is 15.9. The minimum absolute atomic E-state index is 0.208. The van der Waals surface area contributed by atoms with E-state index in [2.05, 4.69) is 59.3 Å². The second-order valence-electron chi connectivity index (χ2n) is 15.5. The molecule has 0 amide bonds. The third kappa shape index (κ3) is 11.4. The fourth-order valence-corrected chi connectivity index (χ4v) is 7.86. The van der Waals surface area contributed by atoms with Gasteiger partial charge in [0.15, 0.2) is 11.5 Å². The van der Waals surface area contributed by atoms with E-state index < -0.39 is 11.6 Å². The van der Waals surface area contributed by atoms with Gasteiger partial charge in [-0.25, -0.2) is 18.7 Å². The van der Waals surface area contributed by atoms with Crippen LogP contribution in [0.15, 0.2) is 82.6 Å². The molecule has 8 aromatic rings. The lowest BCUT2D eigenvalue weighted by Crippen LogP contribution is -2.22. The van der Waals surface area contributed by atoms with Gasteiger partial charge in [-0.3, -0.25) is 19.6 Å². The number of rotatable bonds is 9. The van der Waals surface area contributed by atoms with E-state index in [4.69, 9.17) is 31.9 Å². The minimum atomic E-state index is -0.670. The number of anilines is 1. The summed E-state index contributed by atoms with van der Waals surface area (Å²) >= 11 is 5.93. The van der Waals surface area contributed by atoms with Crippen molar-refractivity contribution in [1.82, 2.24) is 39.4 Å². The van der Waals surface area contributed by atoms with E-state index in [0.29, 0.717) is 86.4 Å². The molecule has 5 aromatic heterocycles. The fourth-order valence-electron chi connectivity index (χ4n) is 7.64. The van der Waals surface area contributed by atoms with Gasteiger partial charge in [-0.1, -0.05) is 31.5 Å². The van der Waals surface area contributed by atoms with Crippen molar-refractivity contribution >= 4 is 50.1 Å². The van der Waals surface area contributed by atoms with Gasteiger partial charge in [0, 0.05) is 67.2 Å². The first-order valence-electron chi connectivity index (χ1n) is 21.5. The molecule has 0 spiro atoms. The Kier molecular flexibility index (Phi) is 16.2. The van der Waals surface area contributed by atoms with Gasteiger partial charge < -0.3 is 39.7 Å². The summed E-state index contributed by atoms with van der Waals surface area (Å²) in [5.41, 5.74) is 13.6. The average molecular weight is 922 g/mol. The van der Waals surface area contributed by atoms with Gasteiger partial charge in [0.1, 0.15) is 28.8 Å². The Bertz CT molecular complexity index is 3080. The number of β-amino-alcohol motifs (C(OH)–C–C–N with tert-alkyl or cyclic N) is 1. The number of aromatic nitrogens is 7. The molecule has 1 fully saturated rings. The predicted octanol–water partition coefficient (Wildman–Crippen LogP) is 8.23. The van der Waals surface area contributed by atoms with Crippen LogP contribution in [0.1, 0.15) is 60.7 Å². The molecule has 1 aliphatic rings. The molecule has 1 aliphatic heterocycles. The van der Waals surface area contributed by atoms with Crippen LogP contribution < -0.4 is 26.3 Å². The highest BCUT2D eigenvalue weighted by Gasteiger charge is 2.15. The number of aryl methyl sites for hydroxylation is 2. The smallest absolute Gasteiger partial charge is 0.258 e. The number of aliphatic hydroxyl groups excluding tert-OH is 1. The fraction of sp³-hybridized carbons (Fsp3) is 0.306. The zero-order valence-electron chi connectivity index (χ0n) is 38.1. The van der Waals surface area contributed by atoms with Crippen LogP contribution in [0.3, 0.4) is 0 Å². The normalized spacial score (nSPS) is 12.3. The first kappa shape index (κ1) is 48.7. The molecule has 0 bridgehead atoms. The van der Waals surface area contributed by atoms with Gasteiger partial charge >= 0.3 is 0 Å². The maximum atomic E-state index is 13.4. The van der Waals surface area contributed by atoms with Gasteiger partial charge in [-0.2, -0.15) is 0 Å². The summed E-state index contributed by atoms with van der Waals surface area (Å²) in [7, 11) is 5.13. The largest absolute Gasteiger partial charge is 0.493 e. The van der Waals surface area contributed by atoms with Crippen molar-refractivity contribution in [2.45, 2.75) is 53.4 Å². The molecule has 66 heavy (non-hydrogen) atoms. The molecule has 346 valence electrons. The number of pyridine rings is 2. The molecule has 9 rings (SSSR count). The number of ether oxygens (including phenoxy) is 2. The number of methoxy groups -OCH3 is 2. The number of aromatic amines is 2. The van der Waals surface area contributed by atoms with E-state index in [-0.39, 0.29) is 11.1 Å². The maximum Gasteiger partial charge on any atom is 0.258 e. The molecule has 0 atom stereocenters. The summed E-state index contributed by atoms with van der Waals surface area (Å²) in [6, 6.07) is 15.1. The number of fused-ring (bicyclic) bond motifs is 3. The number of hydrogen-bond donors (Lipinski definition) is 4. The van der Waals surface area contributed by atoms with Gasteiger partial charge in [0.25, 0.3) is 11.1 Å². The molecule has 14 nitrogen and oxygen atoms in total. The van der Waals surface area contributed by atoms with Crippen molar-refractivity contribution in [2.75, 3.05) is 46.2 Å². The molecule has 0 unspecified atom stereocenters. The summed E-state index contributed by atoms with van der Waals surface area (Å²) in [6.07, 6.45) is 6.82. The van der Waals surface area contributed by atoms with Crippen molar-refractivity contribution in [1.29, 1.82) is 0 Å². The highest BCUT2D eigenvalue weighted by atomic mass is 35.5. The molecule has 0 saturated carbocycles. The standard InChI is InChI=1S/C21H22N4O3.C20H13ClF2N4O.C6H13NO.C2H6/c1-11-12(2)25(3)16-6-13(10-22-20(11)16)7-19-23-15-9-18(28-5)17(27-4)8-14(15)21(26)24-19;21-12-6-15-19(16(24)7-12)26-18(27-20(15)28)3-10-1-2-17(25-9-10)11-4-13(22)8-14(23)5-11;8-6-5-7-3-1-2-4-7;1-2/h6,8-10H,7H2,1-5H3,(H,23,24,26);1-2,4-9H,3,24H2,(H,26,27,28);8H,1-6H2;1-2H3. The number of H-pyrrole nitrogens is 2. The lowest BCUT2D eigenvalue weighted by molar-refractivity contribution is 0.221. The number of nitrogens with one attached hydrogen (secondary N) is 2. The van der Waals surface area contributed by atoms with E-state index in [1.807, 2.05) is 27.1 Å². The third-order valence-electron chi connectivity index (χ3n) is 11.1. The summed E-state index contributed by atoms with van der Waals surface area (Å²) in [5, 5.41) is 9.62. The van der Waals surface area contributed by atoms with Crippen LogP contribution in [0.2, 0.25) is 5.02 Å². The van der Waals surface area contributed by atoms with Crippen molar-refractivity contribution in [3.05, 3.63) is 144 Å². The Labute approximate surface area is 385 Å². The van der Waals surface area contributed by atoms with Gasteiger partial charge in [0.2, 0.25) is 0 Å². The van der Waals surface area contributed by atoms with Crippen LogP contribution in [0, 0.1) is 25.5 Å². The Morgan fingerprint density at radius 2 is 1.41 bits per heavy atom. The number of halogens is 3. The third-order valence-corrected chi connectivity index (χ3v) is 11.4. The van der Waals surface area contributed by atoms with E-state index in [1.165, 1.54) is 68.6 Å². The lowest BCUT2D eigenvalue weighted by atomic mass is 10.1. The number of hydrogen-bond acceptors (Lipinski definition) is 11. The number of likely N-dealkylation sites (tertiary alicyclic amines) is 1. The first-order chi connectivity index (χ1) is 31.7. The van der Waals surface area contributed by atoms with Crippen molar-refractivity contribution in [3.63, 3.8) is 0 Å². The van der Waals surface area contributed by atoms with Crippen LogP contribution in [-0.2, 0) is 19.9 Å². The van der Waals surface area contributed by atoms with Crippen LogP contribution in [0.25, 0.3) is 44.1 Å². The molecule has 0 aliphatic carbocycles. The quantitative estimate of drug-likeness (QED) is 0.102. The molecule has 6 heterocycles. The summed E-state index contributed by atoms with van der Waals surface area (Å²) < 4.78 is 39.5. The monoisotopic (exact) mass is 921 g/mol. The van der Waals surface area contributed by atoms with Crippen LogP contribution in [-0.4, -0.2) is 84.9 Å². The highest BCUT2D eigenvalue weighted by Crippen LogP contribution is 2.30. The number of aliphatic hydroxyl groups is 1. The second kappa shape index (κ2) is 22.0. The summed E-state index contributed by atoms with van der Waals surface area (Å²) in [6.45, 7) is 11.7. The zero-order chi connectivity index (χ0) is 47.7. The first-order valence-corrected chi connectivity index (χ1v) is 21.9. The van der Waals surface area contributed by atoms with Crippen molar-refractivity contribution in [2.24, 2.45) is 7.05 Å². The zero-order valence-corrected chi connectivity index (χ0v) is 38.8. The van der Waals surface area contributed by atoms with Crippen LogP contribution >= 0.6 is 11.6 Å². The van der Waals surface area contributed by atoms with Gasteiger partial charge in [-0.05, 0) is 98.9 Å². The van der Waals surface area contributed by atoms with E-state index in [1.54, 1.807) is 37.6 Å². The van der Waals surface area contributed by atoms with Crippen LogP contribution in [0.5, 0.6) is 11.5 Å². The molecular formula is C49H54ClF2N9O5. The van der Waals surface area contributed by atoms with E-state index >= 15 is 0 Å². The Morgan fingerprint density at radius 1 is 0.788 bits per heavy atom. The molecular weight excluding hydrogens is 868 g/mol. The molecule has 1 saturated heterocycles. The number of nitrogens with zero attached hydrogens (tertiary/aromatic N) is 6. The van der Waals surface area contributed by atoms with E-state index in [0.717, 1.165) is 34.8 Å². The summed E-state index contributed by atoms with van der Waals surface area (Å²) in [5.74, 6) is 0.690. The molecule has 0 radical (unpaired) electrons. The number of nitrogens with two attached hydrogens (primary N) is 1. The highest BCUT2D eigenvalue weighted by molar-refractivity contribution is 6.31. The van der Waals surface area contributed by atoms with Crippen molar-refractivity contribution < 1.29 is 23.4 Å². The number of benzene rings is 3. The number of nitrogen functional groups attached to an aromatic ring is 1.